The third-order valence-electron chi connectivity index (χ3n) is 4.85. The second kappa shape index (κ2) is 5.31. The molecule has 1 saturated carbocycles. The summed E-state index contributed by atoms with van der Waals surface area (Å²) >= 11 is 0. The van der Waals surface area contributed by atoms with Crippen LogP contribution in [0.5, 0.6) is 5.75 Å². The van der Waals surface area contributed by atoms with Crippen LogP contribution in [-0.4, -0.2) is 16.7 Å². The maximum absolute atomic E-state index is 14.3. The number of aliphatic imine (C=N–C) groups is 2. The normalized spacial score (nSPS) is 22.6. The quantitative estimate of drug-likeness (QED) is 0.750. The summed E-state index contributed by atoms with van der Waals surface area (Å²) in [6.07, 6.45) is 2.02. The Kier molecular flexibility index (Phi) is 3.32. The largest absolute Gasteiger partial charge is 0.507 e. The molecule has 0 spiro atoms. The van der Waals surface area contributed by atoms with Crippen molar-refractivity contribution in [2.24, 2.45) is 21.6 Å². The second-order valence-electron chi connectivity index (χ2n) is 6.67. The number of hydrogen-bond acceptors (Lipinski definition) is 5. The predicted molar refractivity (Wildman–Crippen MR) is 97.0 cm³/mol. The number of amidine groups is 1. The van der Waals surface area contributed by atoms with E-state index < -0.39 is 11.5 Å². The van der Waals surface area contributed by atoms with Crippen molar-refractivity contribution in [2.45, 2.75) is 25.4 Å². The van der Waals surface area contributed by atoms with Gasteiger partial charge in [-0.2, -0.15) is 0 Å². The van der Waals surface area contributed by atoms with E-state index in [1.54, 1.807) is 18.2 Å². The van der Waals surface area contributed by atoms with Gasteiger partial charge in [0.05, 0.1) is 5.71 Å². The summed E-state index contributed by atoms with van der Waals surface area (Å²) in [6, 6.07) is 9.36. The van der Waals surface area contributed by atoms with Crippen LogP contribution in [-0.2, 0) is 5.66 Å². The summed E-state index contributed by atoms with van der Waals surface area (Å²) in [5.41, 5.74) is 13.5. The molecule has 1 aliphatic heterocycles. The summed E-state index contributed by atoms with van der Waals surface area (Å²) in [6.45, 7) is 1.84. The number of phenolic OH excluding ortho intramolecular Hbond substituents is 1. The van der Waals surface area contributed by atoms with E-state index >= 15 is 0 Å². The van der Waals surface area contributed by atoms with Crippen molar-refractivity contribution in [3.63, 3.8) is 0 Å². The molecule has 4 rings (SSSR count). The van der Waals surface area contributed by atoms with Gasteiger partial charge in [0, 0.05) is 28.3 Å². The van der Waals surface area contributed by atoms with E-state index in [0.717, 1.165) is 18.4 Å². The molecule has 25 heavy (non-hydrogen) atoms. The van der Waals surface area contributed by atoms with Crippen molar-refractivity contribution in [3.8, 4) is 16.9 Å². The minimum absolute atomic E-state index is 0.0187. The molecule has 2 aromatic carbocycles. The average Bonchev–Trinajstić information content (AvgIpc) is 3.38. The van der Waals surface area contributed by atoms with Gasteiger partial charge in [0.1, 0.15) is 17.4 Å². The van der Waals surface area contributed by atoms with Gasteiger partial charge in [-0.05, 0) is 50.1 Å². The molecule has 1 unspecified atom stereocenters. The average molecular weight is 338 g/mol. The lowest BCUT2D eigenvalue weighted by Crippen LogP contribution is -2.23. The van der Waals surface area contributed by atoms with E-state index in [4.69, 9.17) is 16.5 Å². The first kappa shape index (κ1) is 15.6. The van der Waals surface area contributed by atoms with E-state index in [0.29, 0.717) is 22.8 Å². The zero-order valence-corrected chi connectivity index (χ0v) is 13.8. The first-order valence-electron chi connectivity index (χ1n) is 8.22. The number of benzene rings is 2. The van der Waals surface area contributed by atoms with Gasteiger partial charge in [0.25, 0.3) is 0 Å². The Hall–Kier alpha value is -2.89. The lowest BCUT2D eigenvalue weighted by atomic mass is 9.91. The van der Waals surface area contributed by atoms with Crippen molar-refractivity contribution < 1.29 is 9.50 Å². The topological polar surface area (TPSA) is 97.0 Å². The highest BCUT2D eigenvalue weighted by Crippen LogP contribution is 2.52. The number of nitrogens with zero attached hydrogens (tertiary/aromatic N) is 2. The van der Waals surface area contributed by atoms with E-state index in [2.05, 4.69) is 4.99 Å². The molecular weight excluding hydrogens is 319 g/mol. The minimum atomic E-state index is -0.770. The van der Waals surface area contributed by atoms with Crippen LogP contribution in [0.4, 0.5) is 10.1 Å². The Morgan fingerprint density at radius 1 is 1.08 bits per heavy atom. The van der Waals surface area contributed by atoms with Crippen molar-refractivity contribution >= 4 is 17.2 Å². The number of phenols is 1. The third kappa shape index (κ3) is 2.45. The summed E-state index contributed by atoms with van der Waals surface area (Å²) in [7, 11) is 0. The van der Waals surface area contributed by atoms with Gasteiger partial charge in [-0.1, -0.05) is 6.07 Å². The Bertz CT molecular complexity index is 913. The molecule has 5 N–H and O–H groups in total. The number of rotatable bonds is 3. The lowest BCUT2D eigenvalue weighted by molar-refractivity contribution is 0.415. The molecule has 1 aliphatic carbocycles. The predicted octanol–water partition coefficient (Wildman–Crippen LogP) is 3.18. The molecule has 1 atom stereocenters. The Morgan fingerprint density at radius 2 is 1.84 bits per heavy atom. The lowest BCUT2D eigenvalue weighted by Gasteiger charge is -2.24. The van der Waals surface area contributed by atoms with E-state index in [1.165, 1.54) is 18.2 Å². The van der Waals surface area contributed by atoms with Crippen LogP contribution in [0.2, 0.25) is 0 Å². The zero-order valence-electron chi connectivity index (χ0n) is 13.8. The van der Waals surface area contributed by atoms with Gasteiger partial charge in [0.2, 0.25) is 0 Å². The molecule has 2 aliphatic rings. The van der Waals surface area contributed by atoms with Crippen LogP contribution in [0.3, 0.4) is 0 Å². The van der Waals surface area contributed by atoms with E-state index in [-0.39, 0.29) is 17.2 Å². The van der Waals surface area contributed by atoms with Crippen LogP contribution < -0.4 is 11.5 Å². The van der Waals surface area contributed by atoms with Crippen molar-refractivity contribution in [3.05, 3.63) is 47.8 Å². The van der Waals surface area contributed by atoms with Crippen molar-refractivity contribution in [1.82, 2.24) is 0 Å². The fraction of sp³-hybridized carbons (Fsp3) is 0.263. The van der Waals surface area contributed by atoms with E-state index in [1.807, 2.05) is 6.92 Å². The highest BCUT2D eigenvalue weighted by Gasteiger charge is 2.49. The standard InChI is InChI=1S/C19H19FN4O/c1-10-18(22)24-19(23-10,11-2-3-11)12-4-7-17(25)15(8-12)14-9-13(21)5-6-16(14)20/h4-9,11,25H,2-3,21H2,1H3,(H2,22,24). The number of nitrogens with two attached hydrogens (primary N) is 2. The fourth-order valence-corrected chi connectivity index (χ4v) is 3.37. The van der Waals surface area contributed by atoms with Gasteiger partial charge in [-0.15, -0.1) is 0 Å². The minimum Gasteiger partial charge on any atom is -0.507 e. The zero-order chi connectivity index (χ0) is 17.8. The SMILES string of the molecule is CC1=NC(c2ccc(O)c(-c3cc(N)ccc3F)c2)(C2CC2)N=C1N. The fourth-order valence-electron chi connectivity index (χ4n) is 3.37. The van der Waals surface area contributed by atoms with Crippen LogP contribution in [0.25, 0.3) is 11.1 Å². The summed E-state index contributed by atoms with van der Waals surface area (Å²) in [5, 5.41) is 10.3. The number of anilines is 1. The molecule has 5 nitrogen and oxygen atoms in total. The number of nitrogen functional groups attached to an aromatic ring is 1. The van der Waals surface area contributed by atoms with Crippen molar-refractivity contribution in [2.75, 3.05) is 5.73 Å². The molecule has 1 fully saturated rings. The number of aromatic hydroxyl groups is 1. The maximum Gasteiger partial charge on any atom is 0.181 e. The summed E-state index contributed by atoms with van der Waals surface area (Å²) < 4.78 is 14.3. The van der Waals surface area contributed by atoms with Crippen LogP contribution >= 0.6 is 0 Å². The molecule has 0 amide bonds. The highest BCUT2D eigenvalue weighted by molar-refractivity contribution is 6.41. The van der Waals surface area contributed by atoms with Gasteiger partial charge in [-0.25, -0.2) is 9.38 Å². The monoisotopic (exact) mass is 338 g/mol. The first-order valence-corrected chi connectivity index (χ1v) is 8.22. The van der Waals surface area contributed by atoms with Crippen LogP contribution in [0, 0.1) is 11.7 Å². The Morgan fingerprint density at radius 3 is 2.48 bits per heavy atom. The summed E-state index contributed by atoms with van der Waals surface area (Å²) in [5.74, 6) is 0.231. The van der Waals surface area contributed by atoms with Gasteiger partial charge in [0.15, 0.2) is 5.66 Å². The molecule has 1 heterocycles. The van der Waals surface area contributed by atoms with Crippen LogP contribution in [0.15, 0.2) is 46.4 Å². The van der Waals surface area contributed by atoms with Gasteiger partial charge < -0.3 is 16.6 Å². The molecule has 0 bridgehead atoms. The Labute approximate surface area is 144 Å². The molecular formula is C19H19FN4O. The van der Waals surface area contributed by atoms with Crippen LogP contribution in [0.1, 0.15) is 25.3 Å². The molecule has 0 saturated heterocycles. The molecule has 2 aromatic rings. The smallest absolute Gasteiger partial charge is 0.181 e. The summed E-state index contributed by atoms with van der Waals surface area (Å²) in [4.78, 5) is 9.35. The second-order valence-corrected chi connectivity index (χ2v) is 6.67. The Balaban J connectivity index is 1.90. The van der Waals surface area contributed by atoms with Gasteiger partial charge >= 0.3 is 0 Å². The van der Waals surface area contributed by atoms with E-state index in [9.17, 15) is 9.50 Å². The third-order valence-corrected chi connectivity index (χ3v) is 4.85. The molecule has 6 heteroatoms. The highest BCUT2D eigenvalue weighted by atomic mass is 19.1. The molecule has 0 radical (unpaired) electrons. The first-order chi connectivity index (χ1) is 11.9. The molecule has 128 valence electrons. The number of hydrogen-bond donors (Lipinski definition) is 3. The number of halogens is 1. The van der Waals surface area contributed by atoms with Crippen molar-refractivity contribution in [1.29, 1.82) is 0 Å². The maximum atomic E-state index is 14.3. The van der Waals surface area contributed by atoms with Gasteiger partial charge in [-0.3, -0.25) is 4.99 Å². The molecule has 0 aromatic heterocycles.